The zero-order valence-electron chi connectivity index (χ0n) is 13.7. The van der Waals surface area contributed by atoms with E-state index in [1.807, 2.05) is 0 Å². The van der Waals surface area contributed by atoms with Crippen molar-refractivity contribution in [2.45, 2.75) is 0 Å². The number of carbonyl (C=O) groups is 3. The van der Waals surface area contributed by atoms with E-state index in [4.69, 9.17) is 10.5 Å². The van der Waals surface area contributed by atoms with Crippen LogP contribution in [-0.2, 0) is 4.74 Å². The standard InChI is InChI=1S/C19H13N3O4/c1-26-19(25)13-12-15(22(18(13)20)10-6-3-2-4-7-10)17(24)14-11(16(12)23)8-5-9-21-14/h2-9H,20H2,1H3. The van der Waals surface area contributed by atoms with Crippen molar-refractivity contribution in [3.05, 3.63) is 76.7 Å². The van der Waals surface area contributed by atoms with Crippen LogP contribution >= 0.6 is 0 Å². The number of nitrogens with zero attached hydrogens (tertiary/aromatic N) is 2. The number of hydrogen-bond acceptors (Lipinski definition) is 6. The fourth-order valence-corrected chi connectivity index (χ4v) is 3.20. The molecule has 2 aromatic heterocycles. The minimum atomic E-state index is -0.776. The van der Waals surface area contributed by atoms with Crippen molar-refractivity contribution < 1.29 is 19.1 Å². The summed E-state index contributed by atoms with van der Waals surface area (Å²) in [6, 6.07) is 11.8. The van der Waals surface area contributed by atoms with Crippen LogP contribution in [-0.4, -0.2) is 34.2 Å². The number of ether oxygens (including phenoxy) is 1. The molecule has 7 nitrogen and oxygen atoms in total. The highest BCUT2D eigenvalue weighted by atomic mass is 16.5. The lowest BCUT2D eigenvalue weighted by atomic mass is 9.89. The molecule has 1 aromatic carbocycles. The molecule has 0 atom stereocenters. The second-order valence-electron chi connectivity index (χ2n) is 5.70. The Bertz CT molecular complexity index is 1080. The zero-order chi connectivity index (χ0) is 18.4. The summed E-state index contributed by atoms with van der Waals surface area (Å²) in [5.41, 5.74) is 6.77. The summed E-state index contributed by atoms with van der Waals surface area (Å²) < 4.78 is 6.19. The van der Waals surface area contributed by atoms with E-state index >= 15 is 0 Å². The Morgan fingerprint density at radius 3 is 2.50 bits per heavy atom. The number of carbonyl (C=O) groups excluding carboxylic acids is 3. The fourth-order valence-electron chi connectivity index (χ4n) is 3.20. The van der Waals surface area contributed by atoms with Gasteiger partial charge in [-0.2, -0.15) is 0 Å². The van der Waals surface area contributed by atoms with Crippen LogP contribution in [0.5, 0.6) is 0 Å². The lowest BCUT2D eigenvalue weighted by Gasteiger charge is -2.16. The van der Waals surface area contributed by atoms with Crippen LogP contribution in [0.3, 0.4) is 0 Å². The Balaban J connectivity index is 2.12. The minimum Gasteiger partial charge on any atom is -0.465 e. The molecular formula is C19H13N3O4. The third kappa shape index (κ3) is 2.00. The smallest absolute Gasteiger partial charge is 0.342 e. The molecule has 3 aromatic rings. The summed E-state index contributed by atoms with van der Waals surface area (Å²) in [6.45, 7) is 0. The van der Waals surface area contributed by atoms with E-state index in [-0.39, 0.29) is 33.9 Å². The van der Waals surface area contributed by atoms with Crippen molar-refractivity contribution in [3.63, 3.8) is 0 Å². The quantitative estimate of drug-likeness (QED) is 0.556. The van der Waals surface area contributed by atoms with E-state index in [9.17, 15) is 14.4 Å². The maximum atomic E-state index is 13.1. The number of fused-ring (bicyclic) bond motifs is 2. The molecule has 0 radical (unpaired) electrons. The van der Waals surface area contributed by atoms with Crippen molar-refractivity contribution >= 4 is 23.4 Å². The van der Waals surface area contributed by atoms with Crippen LogP contribution in [0.4, 0.5) is 5.82 Å². The largest absolute Gasteiger partial charge is 0.465 e. The van der Waals surface area contributed by atoms with Gasteiger partial charge in [0.15, 0.2) is 5.78 Å². The molecule has 7 heteroatoms. The van der Waals surface area contributed by atoms with Gasteiger partial charge in [-0.25, -0.2) is 4.79 Å². The Labute approximate surface area is 148 Å². The SMILES string of the molecule is COC(=O)c1c2c(n(-c3ccccc3)c1N)C(=O)c1ncccc1C2=O. The summed E-state index contributed by atoms with van der Waals surface area (Å²) in [5, 5.41) is 0. The summed E-state index contributed by atoms with van der Waals surface area (Å²) in [4.78, 5) is 42.5. The number of esters is 1. The third-order valence-electron chi connectivity index (χ3n) is 4.32. The minimum absolute atomic E-state index is 0.0188. The second kappa shape index (κ2) is 5.66. The molecule has 4 rings (SSSR count). The number of aromatic nitrogens is 2. The molecule has 0 fully saturated rings. The van der Waals surface area contributed by atoms with E-state index < -0.39 is 17.5 Å². The van der Waals surface area contributed by atoms with E-state index in [1.165, 1.54) is 23.9 Å². The van der Waals surface area contributed by atoms with E-state index in [1.54, 1.807) is 36.4 Å². The maximum Gasteiger partial charge on any atom is 0.342 e. The first-order valence-electron chi connectivity index (χ1n) is 7.78. The van der Waals surface area contributed by atoms with Crippen LogP contribution in [0.25, 0.3) is 5.69 Å². The number of methoxy groups -OCH3 is 1. The fraction of sp³-hybridized carbons (Fsp3) is 0.0526. The lowest BCUT2D eigenvalue weighted by Crippen LogP contribution is -2.24. The summed E-state index contributed by atoms with van der Waals surface area (Å²) >= 11 is 0. The predicted molar refractivity (Wildman–Crippen MR) is 92.6 cm³/mol. The monoisotopic (exact) mass is 347 g/mol. The summed E-state index contributed by atoms with van der Waals surface area (Å²) in [5.74, 6) is -1.75. The molecule has 1 aliphatic carbocycles. The third-order valence-corrected chi connectivity index (χ3v) is 4.32. The predicted octanol–water partition coefficient (Wildman–Crippen LogP) is 2.02. The Morgan fingerprint density at radius 2 is 1.81 bits per heavy atom. The first-order valence-corrected chi connectivity index (χ1v) is 7.78. The van der Waals surface area contributed by atoms with Crippen molar-refractivity contribution in [3.8, 4) is 5.69 Å². The van der Waals surface area contributed by atoms with Gasteiger partial charge in [-0.05, 0) is 24.3 Å². The average Bonchev–Trinajstić information content (AvgIpc) is 2.99. The number of nitrogens with two attached hydrogens (primary N) is 1. The molecule has 26 heavy (non-hydrogen) atoms. The van der Waals surface area contributed by atoms with Crippen LogP contribution in [0.2, 0.25) is 0 Å². The van der Waals surface area contributed by atoms with Crippen LogP contribution < -0.4 is 5.73 Å². The second-order valence-corrected chi connectivity index (χ2v) is 5.70. The normalized spacial score (nSPS) is 12.5. The Kier molecular flexibility index (Phi) is 3.43. The van der Waals surface area contributed by atoms with E-state index in [0.717, 1.165) is 0 Å². The molecule has 0 amide bonds. The number of para-hydroxylation sites is 1. The summed E-state index contributed by atoms with van der Waals surface area (Å²) in [6.07, 6.45) is 1.44. The number of nitrogen functional groups attached to an aromatic ring is 1. The molecule has 1 aliphatic rings. The van der Waals surface area contributed by atoms with Crippen molar-refractivity contribution in [1.82, 2.24) is 9.55 Å². The molecule has 0 saturated carbocycles. The molecule has 128 valence electrons. The van der Waals surface area contributed by atoms with Gasteiger partial charge in [0.05, 0.1) is 18.2 Å². The van der Waals surface area contributed by atoms with Gasteiger partial charge in [0.1, 0.15) is 22.8 Å². The van der Waals surface area contributed by atoms with Gasteiger partial charge in [0, 0.05) is 11.9 Å². The van der Waals surface area contributed by atoms with Gasteiger partial charge in [-0.15, -0.1) is 0 Å². The molecule has 0 bridgehead atoms. The van der Waals surface area contributed by atoms with Gasteiger partial charge < -0.3 is 10.5 Å². The number of anilines is 1. The Hall–Kier alpha value is -3.74. The Morgan fingerprint density at radius 1 is 1.08 bits per heavy atom. The molecular weight excluding hydrogens is 334 g/mol. The number of ketones is 2. The van der Waals surface area contributed by atoms with Gasteiger partial charge in [0.25, 0.3) is 0 Å². The van der Waals surface area contributed by atoms with Gasteiger partial charge in [-0.3, -0.25) is 19.1 Å². The molecule has 2 heterocycles. The highest BCUT2D eigenvalue weighted by Gasteiger charge is 2.40. The lowest BCUT2D eigenvalue weighted by molar-refractivity contribution is 0.0599. The van der Waals surface area contributed by atoms with Crippen molar-refractivity contribution in [1.29, 1.82) is 0 Å². The first kappa shape index (κ1) is 15.8. The number of rotatable bonds is 2. The van der Waals surface area contributed by atoms with Crippen LogP contribution in [0.15, 0.2) is 48.7 Å². The van der Waals surface area contributed by atoms with Crippen molar-refractivity contribution in [2.24, 2.45) is 0 Å². The van der Waals surface area contributed by atoms with Crippen molar-refractivity contribution in [2.75, 3.05) is 12.8 Å². The molecule has 0 saturated heterocycles. The number of benzene rings is 1. The molecule has 0 aliphatic heterocycles. The van der Waals surface area contributed by atoms with Gasteiger partial charge >= 0.3 is 5.97 Å². The number of hydrogen-bond donors (Lipinski definition) is 1. The highest BCUT2D eigenvalue weighted by Crippen LogP contribution is 2.36. The maximum absolute atomic E-state index is 13.1. The summed E-state index contributed by atoms with van der Waals surface area (Å²) in [7, 11) is 1.19. The van der Waals surface area contributed by atoms with Crippen LogP contribution in [0, 0.1) is 0 Å². The van der Waals surface area contributed by atoms with E-state index in [0.29, 0.717) is 5.69 Å². The molecule has 0 unspecified atom stereocenters. The van der Waals surface area contributed by atoms with Crippen LogP contribution in [0.1, 0.15) is 42.5 Å². The average molecular weight is 347 g/mol. The molecule has 2 N–H and O–H groups in total. The van der Waals surface area contributed by atoms with E-state index in [2.05, 4.69) is 4.98 Å². The van der Waals surface area contributed by atoms with Gasteiger partial charge in [0.2, 0.25) is 5.78 Å². The zero-order valence-corrected chi connectivity index (χ0v) is 13.7. The highest BCUT2D eigenvalue weighted by molar-refractivity contribution is 6.30. The molecule has 0 spiro atoms. The number of pyridine rings is 1. The topological polar surface area (TPSA) is 104 Å². The first-order chi connectivity index (χ1) is 12.6. The van der Waals surface area contributed by atoms with Gasteiger partial charge in [-0.1, -0.05) is 18.2 Å².